The minimum absolute atomic E-state index is 0.249. The van der Waals surface area contributed by atoms with Crippen LogP contribution in [0.25, 0.3) is 0 Å². The Morgan fingerprint density at radius 3 is 2.56 bits per heavy atom. The molecule has 1 aliphatic rings. The van der Waals surface area contributed by atoms with E-state index in [1.165, 1.54) is 12.0 Å². The molecule has 4 nitrogen and oxygen atoms in total. The Morgan fingerprint density at radius 1 is 1.31 bits per heavy atom. The Bertz CT molecular complexity index is 407. The van der Waals surface area contributed by atoms with Gasteiger partial charge in [0.05, 0.1) is 6.54 Å². The molecule has 0 bridgehead atoms. The maximum absolute atomic E-state index is 11.7. The molecule has 0 N–H and O–H groups in total. The molecule has 1 aromatic rings. The SMILES string of the molecule is COC1SC(=O)N(Cc2ccccc2)C1=O. The fourth-order valence-corrected chi connectivity index (χ4v) is 2.27. The van der Waals surface area contributed by atoms with Gasteiger partial charge in [-0.15, -0.1) is 0 Å². The lowest BCUT2D eigenvalue weighted by molar-refractivity contribution is -0.133. The van der Waals surface area contributed by atoms with Gasteiger partial charge < -0.3 is 4.74 Å². The van der Waals surface area contributed by atoms with Crippen molar-refractivity contribution in [3.63, 3.8) is 0 Å². The van der Waals surface area contributed by atoms with E-state index in [0.717, 1.165) is 17.3 Å². The lowest BCUT2D eigenvalue weighted by Crippen LogP contribution is -2.31. The van der Waals surface area contributed by atoms with Crippen molar-refractivity contribution in [2.24, 2.45) is 0 Å². The van der Waals surface area contributed by atoms with Crippen molar-refractivity contribution in [2.45, 2.75) is 12.0 Å². The number of nitrogens with zero attached hydrogens (tertiary/aromatic N) is 1. The first-order chi connectivity index (χ1) is 7.72. The topological polar surface area (TPSA) is 46.6 Å². The van der Waals surface area contributed by atoms with E-state index >= 15 is 0 Å². The van der Waals surface area contributed by atoms with Crippen molar-refractivity contribution in [1.29, 1.82) is 0 Å². The molecule has 1 saturated heterocycles. The minimum Gasteiger partial charge on any atom is -0.360 e. The summed E-state index contributed by atoms with van der Waals surface area (Å²) in [5.41, 5.74) is 0.248. The second-order valence-electron chi connectivity index (χ2n) is 3.36. The molecule has 0 saturated carbocycles. The smallest absolute Gasteiger partial charge is 0.291 e. The third kappa shape index (κ3) is 2.10. The Kier molecular flexibility index (Phi) is 3.26. The molecular formula is C11H11NO3S. The normalized spacial score (nSPS) is 20.6. The van der Waals surface area contributed by atoms with Gasteiger partial charge in [0, 0.05) is 7.11 Å². The van der Waals surface area contributed by atoms with Crippen molar-refractivity contribution in [3.05, 3.63) is 35.9 Å². The van der Waals surface area contributed by atoms with Gasteiger partial charge in [0.15, 0.2) is 5.44 Å². The minimum atomic E-state index is -0.684. The van der Waals surface area contributed by atoms with Crippen LogP contribution in [0.2, 0.25) is 0 Å². The van der Waals surface area contributed by atoms with E-state index in [1.807, 2.05) is 30.3 Å². The third-order valence-corrected chi connectivity index (χ3v) is 3.32. The van der Waals surface area contributed by atoms with E-state index in [2.05, 4.69) is 0 Å². The Labute approximate surface area is 97.6 Å². The number of imide groups is 1. The highest BCUT2D eigenvalue weighted by atomic mass is 32.2. The molecule has 1 aromatic carbocycles. The van der Waals surface area contributed by atoms with Crippen LogP contribution in [0.5, 0.6) is 0 Å². The van der Waals surface area contributed by atoms with Gasteiger partial charge in [-0.3, -0.25) is 14.5 Å². The molecule has 5 heteroatoms. The summed E-state index contributed by atoms with van der Waals surface area (Å²) in [6.45, 7) is 0.311. The molecule has 0 aliphatic carbocycles. The van der Waals surface area contributed by atoms with E-state index in [9.17, 15) is 9.59 Å². The molecule has 0 spiro atoms. The average Bonchev–Trinajstić information content (AvgIpc) is 2.58. The van der Waals surface area contributed by atoms with Crippen molar-refractivity contribution >= 4 is 22.9 Å². The number of hydrogen-bond donors (Lipinski definition) is 0. The molecule has 0 aromatic heterocycles. The molecule has 0 radical (unpaired) electrons. The zero-order chi connectivity index (χ0) is 11.5. The van der Waals surface area contributed by atoms with Crippen molar-refractivity contribution in [1.82, 2.24) is 4.90 Å². The largest absolute Gasteiger partial charge is 0.360 e. The zero-order valence-corrected chi connectivity index (χ0v) is 9.57. The van der Waals surface area contributed by atoms with Crippen LogP contribution in [0, 0.1) is 0 Å². The highest BCUT2D eigenvalue weighted by Gasteiger charge is 2.39. The highest BCUT2D eigenvalue weighted by Crippen LogP contribution is 2.28. The predicted molar refractivity (Wildman–Crippen MR) is 60.8 cm³/mol. The number of rotatable bonds is 3. The fourth-order valence-electron chi connectivity index (χ4n) is 1.48. The monoisotopic (exact) mass is 237 g/mol. The second-order valence-corrected chi connectivity index (χ2v) is 4.37. The van der Waals surface area contributed by atoms with E-state index in [0.29, 0.717) is 6.54 Å². The Hall–Kier alpha value is -1.33. The number of thioether (sulfide) groups is 1. The Balaban J connectivity index is 2.11. The van der Waals surface area contributed by atoms with Gasteiger partial charge in [0.1, 0.15) is 0 Å². The molecule has 2 rings (SSSR count). The predicted octanol–water partition coefficient (Wildman–Crippen LogP) is 1.85. The quantitative estimate of drug-likeness (QED) is 0.805. The molecular weight excluding hydrogens is 226 g/mol. The summed E-state index contributed by atoms with van der Waals surface area (Å²) in [5, 5.41) is -0.249. The van der Waals surface area contributed by atoms with Gasteiger partial charge in [-0.1, -0.05) is 30.3 Å². The lowest BCUT2D eigenvalue weighted by atomic mass is 10.2. The van der Waals surface area contributed by atoms with Crippen LogP contribution in [0.4, 0.5) is 4.79 Å². The molecule has 1 atom stereocenters. The van der Waals surface area contributed by atoms with Crippen LogP contribution in [-0.2, 0) is 16.1 Å². The highest BCUT2D eigenvalue weighted by molar-refractivity contribution is 8.15. The van der Waals surface area contributed by atoms with E-state index in [1.54, 1.807) is 0 Å². The van der Waals surface area contributed by atoms with Crippen LogP contribution in [-0.4, -0.2) is 28.6 Å². The van der Waals surface area contributed by atoms with Gasteiger partial charge >= 0.3 is 0 Å². The first-order valence-corrected chi connectivity index (χ1v) is 5.69. The summed E-state index contributed by atoms with van der Waals surface area (Å²) in [6.07, 6.45) is 0. The number of benzene rings is 1. The van der Waals surface area contributed by atoms with Gasteiger partial charge in [-0.05, 0) is 17.3 Å². The second kappa shape index (κ2) is 4.67. The molecule has 1 unspecified atom stereocenters. The van der Waals surface area contributed by atoms with Gasteiger partial charge in [0.2, 0.25) is 0 Å². The molecule has 1 aliphatic heterocycles. The molecule has 2 amide bonds. The van der Waals surface area contributed by atoms with Gasteiger partial charge in [-0.25, -0.2) is 0 Å². The van der Waals surface area contributed by atoms with Crippen LogP contribution in [0.1, 0.15) is 5.56 Å². The number of carbonyl (C=O) groups is 2. The number of carbonyl (C=O) groups excluding carboxylic acids is 2. The maximum Gasteiger partial charge on any atom is 0.291 e. The van der Waals surface area contributed by atoms with Crippen LogP contribution < -0.4 is 0 Å². The zero-order valence-electron chi connectivity index (χ0n) is 8.75. The van der Waals surface area contributed by atoms with Crippen molar-refractivity contribution in [3.8, 4) is 0 Å². The van der Waals surface area contributed by atoms with Crippen LogP contribution in [0.3, 0.4) is 0 Å². The number of amides is 2. The first-order valence-electron chi connectivity index (χ1n) is 4.81. The molecule has 84 valence electrons. The fraction of sp³-hybridized carbons (Fsp3) is 0.273. The van der Waals surface area contributed by atoms with Crippen LogP contribution >= 0.6 is 11.8 Å². The third-order valence-electron chi connectivity index (χ3n) is 2.29. The summed E-state index contributed by atoms with van der Waals surface area (Å²) in [6, 6.07) is 9.41. The number of methoxy groups -OCH3 is 1. The first kappa shape index (κ1) is 11.2. The van der Waals surface area contributed by atoms with Crippen LogP contribution in [0.15, 0.2) is 30.3 Å². The van der Waals surface area contributed by atoms with Crippen molar-refractivity contribution in [2.75, 3.05) is 7.11 Å². The van der Waals surface area contributed by atoms with E-state index in [-0.39, 0.29) is 11.1 Å². The standard InChI is InChI=1S/C11H11NO3S/c1-15-10-9(13)12(11(14)16-10)7-8-5-3-2-4-6-8/h2-6,10H,7H2,1H3. The van der Waals surface area contributed by atoms with Crippen molar-refractivity contribution < 1.29 is 14.3 Å². The summed E-state index contributed by atoms with van der Waals surface area (Å²) in [7, 11) is 1.43. The molecule has 1 fully saturated rings. The summed E-state index contributed by atoms with van der Waals surface area (Å²) in [5.74, 6) is -0.277. The number of ether oxygens (including phenoxy) is 1. The summed E-state index contributed by atoms with van der Waals surface area (Å²) in [4.78, 5) is 24.5. The van der Waals surface area contributed by atoms with E-state index in [4.69, 9.17) is 4.74 Å². The van der Waals surface area contributed by atoms with E-state index < -0.39 is 5.44 Å². The van der Waals surface area contributed by atoms with Gasteiger partial charge in [0.25, 0.3) is 11.1 Å². The van der Waals surface area contributed by atoms with Gasteiger partial charge in [-0.2, -0.15) is 0 Å². The lowest BCUT2D eigenvalue weighted by Gasteiger charge is -2.13. The summed E-state index contributed by atoms with van der Waals surface area (Å²) >= 11 is 0.916. The Morgan fingerprint density at radius 2 is 2.00 bits per heavy atom. The maximum atomic E-state index is 11.7. The molecule has 16 heavy (non-hydrogen) atoms. The average molecular weight is 237 g/mol. The number of hydrogen-bond acceptors (Lipinski definition) is 4. The molecule has 1 heterocycles. The summed E-state index contributed by atoms with van der Waals surface area (Å²) < 4.78 is 4.91.